The van der Waals surface area contributed by atoms with Gasteiger partial charge < -0.3 is 10.7 Å². The van der Waals surface area contributed by atoms with Gasteiger partial charge in [-0.25, -0.2) is 4.98 Å². The van der Waals surface area contributed by atoms with E-state index in [1.165, 1.54) is 18.5 Å². The Morgan fingerprint density at radius 1 is 1.21 bits per heavy atom. The van der Waals surface area contributed by atoms with E-state index in [1.807, 2.05) is 0 Å². The molecule has 0 aliphatic carbocycles. The summed E-state index contributed by atoms with van der Waals surface area (Å²) in [6.07, 6.45) is -3.20. The molecular weight excluding hydrogens is 259 g/mol. The van der Waals surface area contributed by atoms with E-state index in [4.69, 9.17) is 5.73 Å². The summed E-state index contributed by atoms with van der Waals surface area (Å²) < 4.78 is 37.3. The maximum absolute atomic E-state index is 12.4. The van der Waals surface area contributed by atoms with E-state index in [0.717, 1.165) is 12.1 Å². The number of nitrogens with one attached hydrogen (secondary N) is 1. The summed E-state index contributed by atoms with van der Waals surface area (Å²) in [5.74, 6) is 0. The second kappa shape index (κ2) is 4.85. The summed E-state index contributed by atoms with van der Waals surface area (Å²) in [7, 11) is 0. The Morgan fingerprint density at radius 3 is 2.37 bits per heavy atom. The fraction of sp³-hybridized carbons (Fsp3) is 0.167. The van der Waals surface area contributed by atoms with Crippen LogP contribution in [0.2, 0.25) is 0 Å². The molecule has 100 valence electrons. The largest absolute Gasteiger partial charge is 0.416 e. The Bertz CT molecular complexity index is 632. The first-order valence-electron chi connectivity index (χ1n) is 5.37. The van der Waals surface area contributed by atoms with Crippen molar-refractivity contribution in [2.24, 2.45) is 5.73 Å². The molecule has 0 amide bonds. The van der Waals surface area contributed by atoms with Crippen LogP contribution in [0.15, 0.2) is 35.4 Å². The number of hydrogen-bond acceptors (Lipinski definition) is 3. The summed E-state index contributed by atoms with van der Waals surface area (Å²) in [6, 6.07) is 4.42. The Morgan fingerprint density at radius 2 is 1.84 bits per heavy atom. The normalized spacial score (nSPS) is 11.6. The number of hydrogen-bond donors (Lipinski definition) is 2. The molecule has 0 aliphatic heterocycles. The quantitative estimate of drug-likeness (QED) is 0.874. The molecule has 2 rings (SSSR count). The fourth-order valence-electron chi connectivity index (χ4n) is 1.68. The van der Waals surface area contributed by atoms with Gasteiger partial charge in [-0.1, -0.05) is 12.1 Å². The van der Waals surface area contributed by atoms with Gasteiger partial charge in [0.1, 0.15) is 0 Å². The molecule has 1 heterocycles. The zero-order valence-electron chi connectivity index (χ0n) is 9.66. The Hall–Kier alpha value is -2.15. The average Bonchev–Trinajstić information content (AvgIpc) is 2.37. The number of benzene rings is 1. The summed E-state index contributed by atoms with van der Waals surface area (Å²) in [6.45, 7) is -0.0421. The van der Waals surface area contributed by atoms with Crippen molar-refractivity contribution in [2.75, 3.05) is 0 Å². The van der Waals surface area contributed by atoms with Crippen molar-refractivity contribution in [3.63, 3.8) is 0 Å². The van der Waals surface area contributed by atoms with E-state index in [2.05, 4.69) is 9.97 Å². The van der Waals surface area contributed by atoms with E-state index < -0.39 is 17.3 Å². The Kier molecular flexibility index (Phi) is 3.39. The van der Waals surface area contributed by atoms with Gasteiger partial charge in [0.15, 0.2) is 0 Å². The molecular formula is C12H10F3N3O. The standard InChI is InChI=1S/C12H10F3N3O/c13-12(14,15)8-3-1-7(2-4-8)10-9(5-16)11(19)18-6-17-10/h1-4,6H,5,16H2,(H,17,18,19). The molecule has 0 radical (unpaired) electrons. The SMILES string of the molecule is NCc1c(-c2ccc(C(F)(F)F)cc2)nc[nH]c1=O. The third kappa shape index (κ3) is 2.65. The van der Waals surface area contributed by atoms with E-state index in [9.17, 15) is 18.0 Å². The predicted molar refractivity (Wildman–Crippen MR) is 63.2 cm³/mol. The van der Waals surface area contributed by atoms with Gasteiger partial charge in [-0.15, -0.1) is 0 Å². The molecule has 3 N–H and O–H groups in total. The van der Waals surface area contributed by atoms with Crippen LogP contribution < -0.4 is 11.3 Å². The van der Waals surface area contributed by atoms with Gasteiger partial charge in [0.2, 0.25) is 0 Å². The topological polar surface area (TPSA) is 71.8 Å². The zero-order valence-corrected chi connectivity index (χ0v) is 9.66. The van der Waals surface area contributed by atoms with E-state index in [-0.39, 0.29) is 12.1 Å². The molecule has 1 aromatic heterocycles. The average molecular weight is 269 g/mol. The van der Waals surface area contributed by atoms with E-state index in [0.29, 0.717) is 11.3 Å². The van der Waals surface area contributed by atoms with Gasteiger partial charge in [-0.3, -0.25) is 4.79 Å². The number of halogens is 3. The number of alkyl halides is 3. The molecule has 0 unspecified atom stereocenters. The van der Waals surface area contributed by atoms with Crippen molar-refractivity contribution in [3.8, 4) is 11.3 Å². The van der Waals surface area contributed by atoms with Crippen molar-refractivity contribution >= 4 is 0 Å². The third-order valence-corrected chi connectivity index (χ3v) is 2.64. The maximum atomic E-state index is 12.4. The van der Waals surface area contributed by atoms with Crippen LogP contribution in [-0.2, 0) is 12.7 Å². The second-order valence-electron chi connectivity index (χ2n) is 3.84. The lowest BCUT2D eigenvalue weighted by molar-refractivity contribution is -0.137. The number of H-pyrrole nitrogens is 1. The fourth-order valence-corrected chi connectivity index (χ4v) is 1.68. The minimum absolute atomic E-state index is 0.0421. The molecule has 7 heteroatoms. The summed E-state index contributed by atoms with van der Waals surface area (Å²) in [5.41, 5.74) is 5.24. The van der Waals surface area contributed by atoms with Crippen LogP contribution >= 0.6 is 0 Å². The second-order valence-corrected chi connectivity index (χ2v) is 3.84. The molecule has 0 saturated carbocycles. The summed E-state index contributed by atoms with van der Waals surface area (Å²) in [4.78, 5) is 17.8. The van der Waals surface area contributed by atoms with Crippen LogP contribution in [0.25, 0.3) is 11.3 Å². The molecule has 0 bridgehead atoms. The van der Waals surface area contributed by atoms with Crippen molar-refractivity contribution in [2.45, 2.75) is 12.7 Å². The van der Waals surface area contributed by atoms with Gasteiger partial charge in [0, 0.05) is 12.1 Å². The van der Waals surface area contributed by atoms with Gasteiger partial charge >= 0.3 is 6.18 Å². The third-order valence-electron chi connectivity index (χ3n) is 2.64. The van der Waals surface area contributed by atoms with Crippen LogP contribution in [0, 0.1) is 0 Å². The zero-order chi connectivity index (χ0) is 14.0. The highest BCUT2D eigenvalue weighted by molar-refractivity contribution is 5.62. The number of aromatic nitrogens is 2. The predicted octanol–water partition coefficient (Wildman–Crippen LogP) is 1.91. The maximum Gasteiger partial charge on any atom is 0.416 e. The monoisotopic (exact) mass is 269 g/mol. The van der Waals surface area contributed by atoms with Crippen LogP contribution in [0.5, 0.6) is 0 Å². The summed E-state index contributed by atoms with van der Waals surface area (Å²) >= 11 is 0. The molecule has 2 aromatic rings. The van der Waals surface area contributed by atoms with E-state index in [1.54, 1.807) is 0 Å². The molecule has 4 nitrogen and oxygen atoms in total. The number of rotatable bonds is 2. The highest BCUT2D eigenvalue weighted by atomic mass is 19.4. The highest BCUT2D eigenvalue weighted by Crippen LogP contribution is 2.30. The van der Waals surface area contributed by atoms with Crippen molar-refractivity contribution < 1.29 is 13.2 Å². The highest BCUT2D eigenvalue weighted by Gasteiger charge is 2.30. The molecule has 0 spiro atoms. The van der Waals surface area contributed by atoms with Crippen LogP contribution in [0.3, 0.4) is 0 Å². The molecule has 0 atom stereocenters. The molecule has 19 heavy (non-hydrogen) atoms. The van der Waals surface area contributed by atoms with Crippen molar-refractivity contribution in [1.29, 1.82) is 0 Å². The minimum atomic E-state index is -4.39. The first kappa shape index (κ1) is 13.3. The first-order chi connectivity index (χ1) is 8.93. The van der Waals surface area contributed by atoms with Gasteiger partial charge in [0.05, 0.1) is 23.1 Å². The van der Waals surface area contributed by atoms with Gasteiger partial charge in [-0.2, -0.15) is 13.2 Å². The van der Waals surface area contributed by atoms with Gasteiger partial charge in [-0.05, 0) is 12.1 Å². The number of aromatic amines is 1. The first-order valence-corrected chi connectivity index (χ1v) is 5.37. The smallest absolute Gasteiger partial charge is 0.326 e. The lowest BCUT2D eigenvalue weighted by Gasteiger charge is -2.09. The summed E-state index contributed by atoms with van der Waals surface area (Å²) in [5, 5.41) is 0. The van der Waals surface area contributed by atoms with Crippen LogP contribution in [0.4, 0.5) is 13.2 Å². The van der Waals surface area contributed by atoms with Crippen LogP contribution in [-0.4, -0.2) is 9.97 Å². The minimum Gasteiger partial charge on any atom is -0.326 e. The molecule has 0 aliphatic rings. The lowest BCUT2D eigenvalue weighted by atomic mass is 10.0. The number of nitrogens with zero attached hydrogens (tertiary/aromatic N) is 1. The molecule has 0 saturated heterocycles. The molecule has 1 aromatic carbocycles. The number of nitrogens with two attached hydrogens (primary N) is 1. The van der Waals surface area contributed by atoms with Gasteiger partial charge in [0.25, 0.3) is 5.56 Å². The van der Waals surface area contributed by atoms with Crippen molar-refractivity contribution in [3.05, 3.63) is 52.1 Å². The Balaban J connectivity index is 2.49. The Labute approximate surface area is 106 Å². The van der Waals surface area contributed by atoms with Crippen LogP contribution in [0.1, 0.15) is 11.1 Å². The lowest BCUT2D eigenvalue weighted by Crippen LogP contribution is -2.18. The van der Waals surface area contributed by atoms with Crippen molar-refractivity contribution in [1.82, 2.24) is 9.97 Å². The van der Waals surface area contributed by atoms with E-state index >= 15 is 0 Å². The molecule has 0 fully saturated rings.